The smallest absolute Gasteiger partial charge is 0.114 e. The summed E-state index contributed by atoms with van der Waals surface area (Å²) < 4.78 is 0.980. The molecule has 0 bridgehead atoms. The second-order valence-corrected chi connectivity index (χ2v) is 10.3. The molecule has 0 amide bonds. The molecule has 0 aliphatic heterocycles. The van der Waals surface area contributed by atoms with Crippen LogP contribution in [0.5, 0.6) is 0 Å². The molecule has 0 saturated heterocycles. The highest BCUT2D eigenvalue weighted by Gasteiger charge is 2.28. The molecule has 0 spiro atoms. The van der Waals surface area contributed by atoms with Crippen LogP contribution in [0.1, 0.15) is 128 Å². The summed E-state index contributed by atoms with van der Waals surface area (Å²) in [6.45, 7) is 3.37. The minimum Gasteiger partial charge on any atom is -0.550 e. The van der Waals surface area contributed by atoms with Gasteiger partial charge in [0.1, 0.15) is 6.04 Å². The number of carboxylic acids is 1. The number of nitrogens with zero attached hydrogens (tertiary/aromatic N) is 1. The van der Waals surface area contributed by atoms with Crippen LogP contribution >= 0.6 is 0 Å². The summed E-state index contributed by atoms with van der Waals surface area (Å²) in [4.78, 5) is 10.6. The molecule has 184 valence electrons. The number of unbranched alkanes of at least 4 members (excludes halogenated alkanes) is 13. The third-order valence-corrected chi connectivity index (χ3v) is 6.97. The summed E-state index contributed by atoms with van der Waals surface area (Å²) in [5.41, 5.74) is 1.44. The largest absolute Gasteiger partial charge is 0.550 e. The first-order valence-electron chi connectivity index (χ1n) is 13.5. The molecule has 0 aliphatic carbocycles. The van der Waals surface area contributed by atoms with E-state index in [1.165, 1.54) is 89.0 Å². The van der Waals surface area contributed by atoms with Crippen LogP contribution in [0, 0.1) is 0 Å². The van der Waals surface area contributed by atoms with Gasteiger partial charge in [0.2, 0.25) is 0 Å². The fourth-order valence-electron chi connectivity index (χ4n) is 4.89. The Labute approximate surface area is 199 Å². The molecule has 0 aliphatic rings. The van der Waals surface area contributed by atoms with Crippen LogP contribution in [-0.2, 0) is 4.79 Å². The maximum Gasteiger partial charge on any atom is 0.114 e. The van der Waals surface area contributed by atoms with Crippen LogP contribution in [0.4, 0.5) is 0 Å². The number of carbonyl (C=O) groups is 1. The monoisotopic (exact) mass is 445 g/mol. The van der Waals surface area contributed by atoms with Gasteiger partial charge < -0.3 is 14.4 Å². The van der Waals surface area contributed by atoms with Gasteiger partial charge in [-0.1, -0.05) is 108 Å². The predicted molar refractivity (Wildman–Crippen MR) is 135 cm³/mol. The number of hydrogen-bond donors (Lipinski definition) is 0. The number of hydrogen-bond acceptors (Lipinski definition) is 2. The van der Waals surface area contributed by atoms with E-state index < -0.39 is 5.97 Å². The standard InChI is InChI=1S/C29H51NO2/c1-4-5-6-7-8-9-10-11-12-13-14-19-24-28(27-22-17-15-18-23-27)30(2,3)26-21-16-20-25-29(31)32/h15,17-18,22-23,28H,4-14,16,19-21,24-26H2,1-3H3. The number of carbonyl (C=O) groups excluding carboxylic acids is 1. The number of quaternary nitrogens is 1. The average molecular weight is 446 g/mol. The average Bonchev–Trinajstić information content (AvgIpc) is 2.77. The Balaban J connectivity index is 2.30. The van der Waals surface area contributed by atoms with Gasteiger partial charge in [-0.3, -0.25) is 0 Å². The highest BCUT2D eigenvalue weighted by molar-refractivity contribution is 5.64. The van der Waals surface area contributed by atoms with E-state index in [0.717, 1.165) is 30.3 Å². The first-order valence-corrected chi connectivity index (χ1v) is 13.5. The van der Waals surface area contributed by atoms with Crippen molar-refractivity contribution < 1.29 is 14.4 Å². The first-order chi connectivity index (χ1) is 15.5. The Morgan fingerprint density at radius 1 is 0.750 bits per heavy atom. The van der Waals surface area contributed by atoms with Crippen LogP contribution < -0.4 is 5.11 Å². The Morgan fingerprint density at radius 2 is 1.25 bits per heavy atom. The normalized spacial score (nSPS) is 12.7. The molecule has 0 aromatic heterocycles. The Hall–Kier alpha value is -1.35. The molecular weight excluding hydrogens is 394 g/mol. The van der Waals surface area contributed by atoms with Crippen LogP contribution in [-0.4, -0.2) is 31.1 Å². The van der Waals surface area contributed by atoms with E-state index in [9.17, 15) is 9.90 Å². The Morgan fingerprint density at radius 3 is 1.78 bits per heavy atom. The molecule has 1 unspecified atom stereocenters. The van der Waals surface area contributed by atoms with E-state index in [1.54, 1.807) is 0 Å². The zero-order chi connectivity index (χ0) is 23.5. The predicted octanol–water partition coefficient (Wildman–Crippen LogP) is 7.21. The fourth-order valence-corrected chi connectivity index (χ4v) is 4.89. The van der Waals surface area contributed by atoms with E-state index in [2.05, 4.69) is 51.4 Å². The molecule has 1 atom stereocenters. The molecule has 0 radical (unpaired) electrons. The lowest BCUT2D eigenvalue weighted by molar-refractivity contribution is -0.921. The van der Waals surface area contributed by atoms with E-state index in [4.69, 9.17) is 0 Å². The molecule has 3 heteroatoms. The summed E-state index contributed by atoms with van der Waals surface area (Å²) in [7, 11) is 4.69. The Bertz CT molecular complexity index is 570. The van der Waals surface area contributed by atoms with Crippen LogP contribution in [0.2, 0.25) is 0 Å². The van der Waals surface area contributed by atoms with Gasteiger partial charge in [-0.05, 0) is 32.1 Å². The topological polar surface area (TPSA) is 40.1 Å². The maximum absolute atomic E-state index is 10.6. The van der Waals surface area contributed by atoms with E-state index >= 15 is 0 Å². The van der Waals surface area contributed by atoms with Gasteiger partial charge in [0.15, 0.2) is 0 Å². The van der Waals surface area contributed by atoms with Crippen molar-refractivity contribution >= 4 is 5.97 Å². The highest BCUT2D eigenvalue weighted by atomic mass is 16.4. The third-order valence-electron chi connectivity index (χ3n) is 6.97. The van der Waals surface area contributed by atoms with Crippen molar-refractivity contribution in [1.29, 1.82) is 0 Å². The van der Waals surface area contributed by atoms with Gasteiger partial charge in [-0.25, -0.2) is 0 Å². The quantitative estimate of drug-likeness (QED) is 0.148. The summed E-state index contributed by atoms with van der Waals surface area (Å²) >= 11 is 0. The summed E-state index contributed by atoms with van der Waals surface area (Å²) in [6, 6.07) is 11.5. The minimum absolute atomic E-state index is 0.189. The summed E-state index contributed by atoms with van der Waals surface area (Å²) in [5, 5.41) is 10.6. The number of benzene rings is 1. The number of carboxylic acid groups (broad SMARTS) is 1. The number of aliphatic carboxylic acids is 1. The van der Waals surface area contributed by atoms with Gasteiger partial charge in [0.25, 0.3) is 0 Å². The minimum atomic E-state index is -0.923. The molecule has 0 N–H and O–H groups in total. The second kappa shape index (κ2) is 18.1. The van der Waals surface area contributed by atoms with Gasteiger partial charge in [-0.15, -0.1) is 0 Å². The second-order valence-electron chi connectivity index (χ2n) is 10.3. The van der Waals surface area contributed by atoms with Crippen LogP contribution in [0.15, 0.2) is 30.3 Å². The highest BCUT2D eigenvalue weighted by Crippen LogP contribution is 2.31. The number of rotatable bonds is 21. The van der Waals surface area contributed by atoms with Gasteiger partial charge in [-0.2, -0.15) is 0 Å². The maximum atomic E-state index is 10.6. The van der Waals surface area contributed by atoms with Gasteiger partial charge >= 0.3 is 0 Å². The zero-order valence-electron chi connectivity index (χ0n) is 21.5. The van der Waals surface area contributed by atoms with Crippen molar-refractivity contribution in [3.8, 4) is 0 Å². The Kier molecular flexibility index (Phi) is 16.2. The molecule has 3 nitrogen and oxygen atoms in total. The van der Waals surface area contributed by atoms with Crippen LogP contribution in [0.25, 0.3) is 0 Å². The van der Waals surface area contributed by atoms with Crippen molar-refractivity contribution in [3.63, 3.8) is 0 Å². The van der Waals surface area contributed by atoms with Crippen molar-refractivity contribution in [1.82, 2.24) is 0 Å². The molecule has 1 aromatic rings. The first kappa shape index (κ1) is 28.7. The summed E-state index contributed by atoms with van der Waals surface area (Å²) in [5.74, 6) is -0.923. The van der Waals surface area contributed by atoms with Gasteiger partial charge in [0.05, 0.1) is 20.6 Å². The zero-order valence-corrected chi connectivity index (χ0v) is 21.5. The van der Waals surface area contributed by atoms with E-state index in [1.807, 2.05) is 0 Å². The molecular formula is C29H51NO2. The fraction of sp³-hybridized carbons (Fsp3) is 0.759. The molecule has 0 fully saturated rings. The van der Waals surface area contributed by atoms with Crippen molar-refractivity contribution in [2.75, 3.05) is 20.6 Å². The van der Waals surface area contributed by atoms with Crippen LogP contribution in [0.3, 0.4) is 0 Å². The van der Waals surface area contributed by atoms with E-state index in [-0.39, 0.29) is 6.42 Å². The lowest BCUT2D eigenvalue weighted by Crippen LogP contribution is -2.44. The van der Waals surface area contributed by atoms with Crippen molar-refractivity contribution in [3.05, 3.63) is 35.9 Å². The molecule has 1 rings (SSSR count). The molecule has 0 saturated carbocycles. The van der Waals surface area contributed by atoms with Crippen molar-refractivity contribution in [2.45, 2.75) is 122 Å². The lowest BCUT2D eigenvalue weighted by atomic mass is 9.96. The lowest BCUT2D eigenvalue weighted by Gasteiger charge is -2.39. The summed E-state index contributed by atoms with van der Waals surface area (Å²) in [6.07, 6.45) is 20.9. The SMILES string of the molecule is CCCCCCCCCCCCCCC(c1ccccc1)[N+](C)(C)CCCCCC(=O)[O-]. The third kappa shape index (κ3) is 13.9. The molecule has 1 aromatic carbocycles. The van der Waals surface area contributed by atoms with Gasteiger partial charge in [0, 0.05) is 18.0 Å². The molecule has 0 heterocycles. The van der Waals surface area contributed by atoms with E-state index in [0.29, 0.717) is 6.04 Å². The van der Waals surface area contributed by atoms with Crippen molar-refractivity contribution in [2.24, 2.45) is 0 Å². The molecule has 32 heavy (non-hydrogen) atoms.